The van der Waals surface area contributed by atoms with E-state index in [-0.39, 0.29) is 5.41 Å². The van der Waals surface area contributed by atoms with Crippen molar-refractivity contribution in [1.29, 1.82) is 0 Å². The minimum absolute atomic E-state index is 0.00843. The van der Waals surface area contributed by atoms with E-state index in [4.69, 9.17) is 4.74 Å². The van der Waals surface area contributed by atoms with Gasteiger partial charge in [-0.1, -0.05) is 20.3 Å². The van der Waals surface area contributed by atoms with E-state index in [1.54, 1.807) is 0 Å². The number of morpholine rings is 1. The third-order valence-electron chi connectivity index (χ3n) is 3.86. The van der Waals surface area contributed by atoms with Crippen LogP contribution in [-0.2, 0) is 9.53 Å². The van der Waals surface area contributed by atoms with Crippen molar-refractivity contribution in [3.8, 4) is 0 Å². The molecule has 1 aliphatic carbocycles. The van der Waals surface area contributed by atoms with Crippen molar-refractivity contribution in [2.45, 2.75) is 39.5 Å². The highest BCUT2D eigenvalue weighted by Gasteiger charge is 2.46. The van der Waals surface area contributed by atoms with Crippen LogP contribution in [0.5, 0.6) is 0 Å². The smallest absolute Gasteiger partial charge is 0.228 e. The van der Waals surface area contributed by atoms with Gasteiger partial charge in [-0.2, -0.15) is 0 Å². The zero-order chi connectivity index (χ0) is 11.6. The molecule has 0 aromatic carbocycles. The zero-order valence-corrected chi connectivity index (χ0v) is 10.5. The Bertz CT molecular complexity index is 253. The highest BCUT2D eigenvalue weighted by molar-refractivity contribution is 5.83. The molecule has 1 saturated heterocycles. The molecule has 0 unspecified atom stereocenters. The van der Waals surface area contributed by atoms with Crippen LogP contribution >= 0.6 is 0 Å². The Labute approximate surface area is 98.1 Å². The van der Waals surface area contributed by atoms with Gasteiger partial charge in [-0.05, 0) is 25.2 Å². The molecule has 1 saturated carbocycles. The minimum Gasteiger partial charge on any atom is -0.378 e. The van der Waals surface area contributed by atoms with Gasteiger partial charge in [-0.3, -0.25) is 4.79 Å². The fourth-order valence-electron chi connectivity index (χ4n) is 2.99. The molecular formula is C13H23NO2. The summed E-state index contributed by atoms with van der Waals surface area (Å²) in [7, 11) is 0. The number of amides is 1. The molecule has 0 radical (unpaired) electrons. The third-order valence-corrected chi connectivity index (χ3v) is 3.86. The molecule has 1 amide bonds. The van der Waals surface area contributed by atoms with E-state index in [2.05, 4.69) is 13.8 Å². The summed E-state index contributed by atoms with van der Waals surface area (Å²) in [6, 6.07) is 0. The second kappa shape index (κ2) is 4.74. The molecule has 0 aromatic heterocycles. The number of ether oxygens (including phenoxy) is 1. The first-order chi connectivity index (χ1) is 7.64. The lowest BCUT2D eigenvalue weighted by Crippen LogP contribution is -2.52. The summed E-state index contributed by atoms with van der Waals surface area (Å²) in [6.07, 6.45) is 4.48. The SMILES string of the molecule is CC(C)CC1(C(=O)N2CCOCC2)CCC1. The van der Waals surface area contributed by atoms with E-state index >= 15 is 0 Å². The summed E-state index contributed by atoms with van der Waals surface area (Å²) < 4.78 is 5.30. The van der Waals surface area contributed by atoms with Crippen molar-refractivity contribution < 1.29 is 9.53 Å². The fourth-order valence-corrected chi connectivity index (χ4v) is 2.99. The van der Waals surface area contributed by atoms with Crippen LogP contribution < -0.4 is 0 Å². The lowest BCUT2D eigenvalue weighted by atomic mass is 9.63. The van der Waals surface area contributed by atoms with Gasteiger partial charge in [0.2, 0.25) is 5.91 Å². The van der Waals surface area contributed by atoms with Crippen molar-refractivity contribution in [1.82, 2.24) is 4.90 Å². The number of carbonyl (C=O) groups is 1. The van der Waals surface area contributed by atoms with E-state index in [0.717, 1.165) is 32.4 Å². The summed E-state index contributed by atoms with van der Waals surface area (Å²) in [4.78, 5) is 14.5. The van der Waals surface area contributed by atoms with Crippen LogP contribution in [0, 0.1) is 11.3 Å². The molecule has 2 fully saturated rings. The maximum atomic E-state index is 12.5. The van der Waals surface area contributed by atoms with Gasteiger partial charge in [0.25, 0.3) is 0 Å². The molecule has 2 aliphatic rings. The highest BCUT2D eigenvalue weighted by Crippen LogP contribution is 2.47. The second-order valence-corrected chi connectivity index (χ2v) is 5.64. The Morgan fingerprint density at radius 3 is 2.38 bits per heavy atom. The molecule has 1 aliphatic heterocycles. The molecule has 0 atom stereocenters. The van der Waals surface area contributed by atoms with Gasteiger partial charge >= 0.3 is 0 Å². The van der Waals surface area contributed by atoms with Crippen molar-refractivity contribution >= 4 is 5.91 Å². The first kappa shape index (κ1) is 11.9. The molecule has 3 heteroatoms. The molecule has 1 heterocycles. The van der Waals surface area contributed by atoms with E-state index in [1.807, 2.05) is 4.90 Å². The fraction of sp³-hybridized carbons (Fsp3) is 0.923. The van der Waals surface area contributed by atoms with Crippen LogP contribution in [0.15, 0.2) is 0 Å². The van der Waals surface area contributed by atoms with Gasteiger partial charge < -0.3 is 9.64 Å². The van der Waals surface area contributed by atoms with Crippen molar-refractivity contribution in [2.75, 3.05) is 26.3 Å². The first-order valence-electron chi connectivity index (χ1n) is 6.51. The molecule has 0 N–H and O–H groups in total. The molecular weight excluding hydrogens is 202 g/mol. The predicted octanol–water partition coefficient (Wildman–Crippen LogP) is 2.06. The largest absolute Gasteiger partial charge is 0.378 e. The zero-order valence-electron chi connectivity index (χ0n) is 10.5. The van der Waals surface area contributed by atoms with E-state index in [9.17, 15) is 4.79 Å². The summed E-state index contributed by atoms with van der Waals surface area (Å²) in [5.41, 5.74) is -0.00843. The van der Waals surface area contributed by atoms with Crippen LogP contribution in [0.3, 0.4) is 0 Å². The van der Waals surface area contributed by atoms with Crippen LogP contribution in [-0.4, -0.2) is 37.1 Å². The van der Waals surface area contributed by atoms with Crippen LogP contribution in [0.2, 0.25) is 0 Å². The molecule has 0 aromatic rings. The molecule has 92 valence electrons. The van der Waals surface area contributed by atoms with Gasteiger partial charge in [-0.15, -0.1) is 0 Å². The normalized spacial score (nSPS) is 24.3. The second-order valence-electron chi connectivity index (χ2n) is 5.64. The lowest BCUT2D eigenvalue weighted by molar-refractivity contribution is -0.153. The van der Waals surface area contributed by atoms with Gasteiger partial charge in [-0.25, -0.2) is 0 Å². The third kappa shape index (κ3) is 2.24. The summed E-state index contributed by atoms with van der Waals surface area (Å²) in [5, 5.41) is 0. The minimum atomic E-state index is -0.00843. The average Bonchev–Trinajstić information content (AvgIpc) is 2.23. The molecule has 16 heavy (non-hydrogen) atoms. The number of nitrogens with zero attached hydrogens (tertiary/aromatic N) is 1. The van der Waals surface area contributed by atoms with E-state index in [0.29, 0.717) is 25.0 Å². The molecule has 0 bridgehead atoms. The van der Waals surface area contributed by atoms with Gasteiger partial charge in [0.15, 0.2) is 0 Å². The topological polar surface area (TPSA) is 29.5 Å². The highest BCUT2D eigenvalue weighted by atomic mass is 16.5. The van der Waals surface area contributed by atoms with Crippen molar-refractivity contribution in [3.63, 3.8) is 0 Å². The Morgan fingerprint density at radius 1 is 1.31 bits per heavy atom. The predicted molar refractivity (Wildman–Crippen MR) is 63.1 cm³/mol. The summed E-state index contributed by atoms with van der Waals surface area (Å²) >= 11 is 0. The maximum Gasteiger partial charge on any atom is 0.228 e. The monoisotopic (exact) mass is 225 g/mol. The number of hydrogen-bond acceptors (Lipinski definition) is 2. The van der Waals surface area contributed by atoms with Gasteiger partial charge in [0.05, 0.1) is 13.2 Å². The number of rotatable bonds is 3. The molecule has 2 rings (SSSR count). The van der Waals surface area contributed by atoms with E-state index in [1.165, 1.54) is 6.42 Å². The summed E-state index contributed by atoms with van der Waals surface area (Å²) in [6.45, 7) is 7.43. The van der Waals surface area contributed by atoms with Crippen molar-refractivity contribution in [3.05, 3.63) is 0 Å². The number of carbonyl (C=O) groups excluding carboxylic acids is 1. The number of hydrogen-bond donors (Lipinski definition) is 0. The Hall–Kier alpha value is -0.570. The Kier molecular flexibility index (Phi) is 3.53. The Balaban J connectivity index is 1.99. The quantitative estimate of drug-likeness (QED) is 0.736. The van der Waals surface area contributed by atoms with Gasteiger partial charge in [0.1, 0.15) is 0 Å². The first-order valence-corrected chi connectivity index (χ1v) is 6.51. The molecule has 3 nitrogen and oxygen atoms in total. The standard InChI is InChI=1S/C13H23NO2/c1-11(2)10-13(4-3-5-13)12(15)14-6-8-16-9-7-14/h11H,3-10H2,1-2H3. The molecule has 0 spiro atoms. The lowest BCUT2D eigenvalue weighted by Gasteiger charge is -2.45. The van der Waals surface area contributed by atoms with E-state index < -0.39 is 0 Å². The summed E-state index contributed by atoms with van der Waals surface area (Å²) in [5.74, 6) is 1.01. The van der Waals surface area contributed by atoms with Crippen LogP contribution in [0.1, 0.15) is 39.5 Å². The Morgan fingerprint density at radius 2 is 1.94 bits per heavy atom. The average molecular weight is 225 g/mol. The van der Waals surface area contributed by atoms with Crippen LogP contribution in [0.25, 0.3) is 0 Å². The van der Waals surface area contributed by atoms with Crippen LogP contribution in [0.4, 0.5) is 0 Å². The maximum absolute atomic E-state index is 12.5. The van der Waals surface area contributed by atoms with Gasteiger partial charge in [0, 0.05) is 18.5 Å². The van der Waals surface area contributed by atoms with Crippen molar-refractivity contribution in [2.24, 2.45) is 11.3 Å².